The number of aromatic nitrogens is 2. The van der Waals surface area contributed by atoms with Gasteiger partial charge in [-0.1, -0.05) is 36.4 Å². The van der Waals surface area contributed by atoms with E-state index in [-0.39, 0.29) is 11.6 Å². The Hall–Kier alpha value is -4.51. The van der Waals surface area contributed by atoms with E-state index in [1.54, 1.807) is 24.3 Å². The Balaban J connectivity index is 1.52. The molecule has 0 aliphatic heterocycles. The summed E-state index contributed by atoms with van der Waals surface area (Å²) in [6.45, 7) is 0. The number of nitrogens with zero attached hydrogens (tertiary/aromatic N) is 3. The van der Waals surface area contributed by atoms with Gasteiger partial charge in [0.05, 0.1) is 11.0 Å². The summed E-state index contributed by atoms with van der Waals surface area (Å²) in [4.78, 5) is 6.98. The molecule has 5 heteroatoms. The molecule has 0 unspecified atom stereocenters. The van der Waals surface area contributed by atoms with Crippen molar-refractivity contribution in [1.29, 1.82) is 0 Å². The Morgan fingerprint density at radius 2 is 1.39 bits per heavy atom. The molecule has 1 aliphatic carbocycles. The van der Waals surface area contributed by atoms with Crippen molar-refractivity contribution in [3.05, 3.63) is 127 Å². The van der Waals surface area contributed by atoms with Gasteiger partial charge in [-0.15, -0.1) is 0 Å². The third kappa shape index (κ3) is 4.09. The monoisotopic (exact) mass is 475 g/mol. The number of hydrogen-bond donors (Lipinski definition) is 0. The van der Waals surface area contributed by atoms with Crippen LogP contribution in [0.3, 0.4) is 0 Å². The quantitative estimate of drug-likeness (QED) is 0.254. The minimum atomic E-state index is -0.311. The van der Waals surface area contributed by atoms with Crippen LogP contribution in [-0.2, 0) is 0 Å². The fourth-order valence-corrected chi connectivity index (χ4v) is 4.66. The van der Waals surface area contributed by atoms with Crippen molar-refractivity contribution < 1.29 is 8.78 Å². The lowest BCUT2D eigenvalue weighted by molar-refractivity contribution is 0.628. The van der Waals surface area contributed by atoms with Crippen LogP contribution in [0.25, 0.3) is 28.1 Å². The Labute approximate surface area is 208 Å². The van der Waals surface area contributed by atoms with Gasteiger partial charge in [0.2, 0.25) is 0 Å². The first-order valence-electron chi connectivity index (χ1n) is 11.9. The molecule has 0 bridgehead atoms. The maximum absolute atomic E-state index is 13.7. The fourth-order valence-electron chi connectivity index (χ4n) is 4.66. The van der Waals surface area contributed by atoms with Crippen LogP contribution in [0.1, 0.15) is 12.8 Å². The molecule has 0 saturated carbocycles. The molecular formula is C31H23F2N3. The summed E-state index contributed by atoms with van der Waals surface area (Å²) < 4.78 is 29.7. The molecule has 176 valence electrons. The van der Waals surface area contributed by atoms with Gasteiger partial charge in [0.15, 0.2) is 0 Å². The highest BCUT2D eigenvalue weighted by Gasteiger charge is 2.18. The summed E-state index contributed by atoms with van der Waals surface area (Å²) >= 11 is 0. The molecule has 0 radical (unpaired) electrons. The SMILES string of the molecule is Fc1ccc(N(c2ccc(F)cc2)c2cccc(-c3nc4ccccc4n3C3=CCCC=C3)c2)cc1. The highest BCUT2D eigenvalue weighted by atomic mass is 19.1. The second-order valence-corrected chi connectivity index (χ2v) is 8.71. The number of anilines is 3. The van der Waals surface area contributed by atoms with E-state index in [4.69, 9.17) is 4.98 Å². The van der Waals surface area contributed by atoms with Crippen LogP contribution < -0.4 is 4.90 Å². The lowest BCUT2D eigenvalue weighted by Gasteiger charge is -2.26. The highest BCUT2D eigenvalue weighted by Crippen LogP contribution is 2.38. The van der Waals surface area contributed by atoms with Gasteiger partial charge >= 0.3 is 0 Å². The summed E-state index contributed by atoms with van der Waals surface area (Å²) in [5.41, 5.74) is 6.41. The molecule has 1 aromatic heterocycles. The fraction of sp³-hybridized carbons (Fsp3) is 0.0645. The molecule has 1 heterocycles. The maximum atomic E-state index is 13.7. The molecule has 0 spiro atoms. The zero-order valence-corrected chi connectivity index (χ0v) is 19.5. The van der Waals surface area contributed by atoms with E-state index in [0.717, 1.165) is 58.0 Å². The first kappa shape index (κ1) is 22.0. The first-order chi connectivity index (χ1) is 17.7. The Kier molecular flexibility index (Phi) is 5.66. The Morgan fingerprint density at radius 3 is 2.06 bits per heavy atom. The van der Waals surface area contributed by atoms with Crippen LogP contribution >= 0.6 is 0 Å². The molecule has 0 saturated heterocycles. The molecule has 36 heavy (non-hydrogen) atoms. The van der Waals surface area contributed by atoms with E-state index in [9.17, 15) is 8.78 Å². The number of rotatable bonds is 5. The van der Waals surface area contributed by atoms with Crippen LogP contribution in [0.2, 0.25) is 0 Å². The smallest absolute Gasteiger partial charge is 0.145 e. The summed E-state index contributed by atoms with van der Waals surface area (Å²) in [6.07, 6.45) is 8.60. The predicted molar refractivity (Wildman–Crippen MR) is 142 cm³/mol. The van der Waals surface area contributed by atoms with E-state index in [0.29, 0.717) is 0 Å². The minimum absolute atomic E-state index is 0.311. The summed E-state index contributed by atoms with van der Waals surface area (Å²) in [7, 11) is 0. The van der Waals surface area contributed by atoms with E-state index >= 15 is 0 Å². The standard InChI is InChI=1S/C31H23F2N3/c32-23-13-17-26(18-14-23)35(27-19-15-24(33)16-20-27)28-10-6-7-22(21-28)31-34-29-11-4-5-12-30(29)36(31)25-8-2-1-3-9-25/h2,4-21H,1,3H2. The third-order valence-electron chi connectivity index (χ3n) is 6.33. The van der Waals surface area contributed by atoms with Crippen LogP contribution in [0, 0.1) is 11.6 Å². The van der Waals surface area contributed by atoms with Gasteiger partial charge in [0, 0.05) is 28.3 Å². The second-order valence-electron chi connectivity index (χ2n) is 8.71. The van der Waals surface area contributed by atoms with Gasteiger partial charge in [-0.3, -0.25) is 4.57 Å². The van der Waals surface area contributed by atoms with Gasteiger partial charge in [0.1, 0.15) is 17.5 Å². The van der Waals surface area contributed by atoms with Gasteiger partial charge < -0.3 is 4.90 Å². The number of allylic oxidation sites excluding steroid dienone is 4. The number of imidazole rings is 1. The number of fused-ring (bicyclic) bond motifs is 1. The van der Waals surface area contributed by atoms with Gasteiger partial charge in [-0.25, -0.2) is 13.8 Å². The number of benzene rings is 4. The van der Waals surface area contributed by atoms with Gasteiger partial charge in [-0.2, -0.15) is 0 Å². The maximum Gasteiger partial charge on any atom is 0.145 e. The van der Waals surface area contributed by atoms with E-state index in [1.165, 1.54) is 24.3 Å². The molecule has 0 amide bonds. The van der Waals surface area contributed by atoms with Crippen molar-refractivity contribution >= 4 is 33.8 Å². The second kappa shape index (κ2) is 9.27. The van der Waals surface area contributed by atoms with Crippen LogP contribution in [0.5, 0.6) is 0 Å². The van der Waals surface area contributed by atoms with Gasteiger partial charge in [-0.05, 0) is 91.7 Å². The topological polar surface area (TPSA) is 21.1 Å². The van der Waals surface area contributed by atoms with E-state index in [2.05, 4.69) is 34.9 Å². The van der Waals surface area contributed by atoms with Crippen molar-refractivity contribution in [1.82, 2.24) is 9.55 Å². The summed E-state index contributed by atoms with van der Waals surface area (Å²) in [6, 6.07) is 28.8. The van der Waals surface area contributed by atoms with Gasteiger partial charge in [0.25, 0.3) is 0 Å². The molecule has 5 aromatic rings. The minimum Gasteiger partial charge on any atom is -0.310 e. The normalized spacial score (nSPS) is 13.1. The number of halogens is 2. The Morgan fingerprint density at radius 1 is 0.694 bits per heavy atom. The lowest BCUT2D eigenvalue weighted by atomic mass is 10.1. The van der Waals surface area contributed by atoms with Crippen molar-refractivity contribution in [2.45, 2.75) is 12.8 Å². The van der Waals surface area contributed by atoms with Crippen molar-refractivity contribution in [3.8, 4) is 11.4 Å². The Bertz CT molecular complexity index is 1550. The molecule has 0 fully saturated rings. The summed E-state index contributed by atoms with van der Waals surface area (Å²) in [5.74, 6) is 0.220. The average Bonchev–Trinajstić information content (AvgIpc) is 3.31. The molecule has 1 aliphatic rings. The summed E-state index contributed by atoms with van der Waals surface area (Å²) in [5, 5.41) is 0. The van der Waals surface area contributed by atoms with E-state index in [1.807, 2.05) is 41.3 Å². The number of hydrogen-bond acceptors (Lipinski definition) is 2. The zero-order chi connectivity index (χ0) is 24.5. The van der Waals surface area contributed by atoms with Crippen molar-refractivity contribution in [2.75, 3.05) is 4.90 Å². The molecular weight excluding hydrogens is 452 g/mol. The van der Waals surface area contributed by atoms with Crippen molar-refractivity contribution in [2.24, 2.45) is 0 Å². The molecule has 0 N–H and O–H groups in total. The molecule has 4 aromatic carbocycles. The molecule has 6 rings (SSSR count). The van der Waals surface area contributed by atoms with Crippen LogP contribution in [0.4, 0.5) is 25.8 Å². The third-order valence-corrected chi connectivity index (χ3v) is 6.33. The molecule has 0 atom stereocenters. The average molecular weight is 476 g/mol. The van der Waals surface area contributed by atoms with E-state index < -0.39 is 0 Å². The van der Waals surface area contributed by atoms with Crippen molar-refractivity contribution in [3.63, 3.8) is 0 Å². The molecule has 3 nitrogen and oxygen atoms in total. The zero-order valence-electron chi connectivity index (χ0n) is 19.5. The van der Waals surface area contributed by atoms with Crippen LogP contribution in [-0.4, -0.2) is 9.55 Å². The number of para-hydroxylation sites is 2. The largest absolute Gasteiger partial charge is 0.310 e. The predicted octanol–water partition coefficient (Wildman–Crippen LogP) is 8.64. The first-order valence-corrected chi connectivity index (χ1v) is 11.9. The lowest BCUT2D eigenvalue weighted by Crippen LogP contribution is -2.10. The highest BCUT2D eigenvalue weighted by molar-refractivity contribution is 5.88. The van der Waals surface area contributed by atoms with Crippen LogP contribution in [0.15, 0.2) is 115 Å².